The minimum atomic E-state index is -0.674. The van der Waals surface area contributed by atoms with Gasteiger partial charge in [-0.1, -0.05) is 36.4 Å². The quantitative estimate of drug-likeness (QED) is 0.656. The Morgan fingerprint density at radius 3 is 2.33 bits per heavy atom. The number of ether oxygens (including phenoxy) is 1. The van der Waals surface area contributed by atoms with Gasteiger partial charge in [0, 0.05) is 11.1 Å². The molecule has 0 bridgehead atoms. The number of benzene rings is 1. The van der Waals surface area contributed by atoms with Crippen molar-refractivity contribution in [3.63, 3.8) is 0 Å². The summed E-state index contributed by atoms with van der Waals surface area (Å²) in [6.45, 7) is 3.77. The summed E-state index contributed by atoms with van der Waals surface area (Å²) in [5.41, 5.74) is 0.496. The topological polar surface area (TPSA) is 43.4 Å². The Hall–Kier alpha value is -1.74. The molecular formula is C15H14O3. The Morgan fingerprint density at radius 1 is 1.06 bits per heavy atom. The number of hydrogen-bond donors (Lipinski definition) is 0. The highest BCUT2D eigenvalue weighted by molar-refractivity contribution is 6.17. The van der Waals surface area contributed by atoms with Crippen LogP contribution in [0.2, 0.25) is 0 Å². The molecule has 2 aliphatic rings. The smallest absolute Gasteiger partial charge is 0.193 e. The lowest BCUT2D eigenvalue weighted by Gasteiger charge is -2.38. The SMILES string of the molecule is CC1(C)C=CC2C(=O)c3ccccc3C(=O)C2O1. The predicted molar refractivity (Wildman–Crippen MR) is 66.7 cm³/mol. The van der Waals surface area contributed by atoms with Gasteiger partial charge in [0.25, 0.3) is 0 Å². The molecule has 3 nitrogen and oxygen atoms in total. The summed E-state index contributed by atoms with van der Waals surface area (Å²) in [5, 5.41) is 0. The van der Waals surface area contributed by atoms with Crippen molar-refractivity contribution in [2.24, 2.45) is 5.92 Å². The molecule has 1 aliphatic heterocycles. The third-order valence-electron chi connectivity index (χ3n) is 3.48. The number of carbonyl (C=O) groups is 2. The van der Waals surface area contributed by atoms with Crippen LogP contribution in [-0.4, -0.2) is 23.3 Å². The molecule has 1 aromatic rings. The van der Waals surface area contributed by atoms with Crippen LogP contribution in [0.25, 0.3) is 0 Å². The van der Waals surface area contributed by atoms with Crippen molar-refractivity contribution in [1.29, 1.82) is 0 Å². The number of fused-ring (bicyclic) bond motifs is 2. The first-order valence-corrected chi connectivity index (χ1v) is 6.04. The van der Waals surface area contributed by atoms with Gasteiger partial charge in [0.2, 0.25) is 0 Å². The first kappa shape index (κ1) is 11.4. The van der Waals surface area contributed by atoms with Gasteiger partial charge >= 0.3 is 0 Å². The summed E-state index contributed by atoms with van der Waals surface area (Å²) < 4.78 is 5.76. The molecule has 2 unspecified atom stereocenters. The van der Waals surface area contributed by atoms with Crippen molar-refractivity contribution >= 4 is 11.6 Å². The van der Waals surface area contributed by atoms with Crippen LogP contribution in [0.5, 0.6) is 0 Å². The monoisotopic (exact) mass is 242 g/mol. The van der Waals surface area contributed by atoms with E-state index in [0.29, 0.717) is 11.1 Å². The maximum Gasteiger partial charge on any atom is 0.193 e. The molecule has 3 rings (SSSR count). The molecule has 0 saturated heterocycles. The molecular weight excluding hydrogens is 228 g/mol. The highest BCUT2D eigenvalue weighted by Crippen LogP contribution is 2.35. The third kappa shape index (κ3) is 1.55. The van der Waals surface area contributed by atoms with Crippen molar-refractivity contribution in [2.45, 2.75) is 25.6 Å². The Labute approximate surface area is 105 Å². The molecule has 0 radical (unpaired) electrons. The van der Waals surface area contributed by atoms with Crippen molar-refractivity contribution < 1.29 is 14.3 Å². The van der Waals surface area contributed by atoms with Crippen molar-refractivity contribution in [1.82, 2.24) is 0 Å². The van der Waals surface area contributed by atoms with Gasteiger partial charge in [-0.3, -0.25) is 9.59 Å². The molecule has 3 heteroatoms. The first-order valence-electron chi connectivity index (χ1n) is 6.04. The van der Waals surface area contributed by atoms with E-state index < -0.39 is 17.6 Å². The molecule has 92 valence electrons. The summed E-state index contributed by atoms with van der Waals surface area (Å²) in [6, 6.07) is 6.95. The summed E-state index contributed by atoms with van der Waals surface area (Å²) in [6.07, 6.45) is 2.99. The predicted octanol–water partition coefficient (Wildman–Crippen LogP) is 2.42. The second-order valence-corrected chi connectivity index (χ2v) is 5.30. The van der Waals surface area contributed by atoms with Crippen molar-refractivity contribution in [3.8, 4) is 0 Å². The fourth-order valence-corrected chi connectivity index (χ4v) is 2.56. The van der Waals surface area contributed by atoms with Crippen LogP contribution in [-0.2, 0) is 4.74 Å². The molecule has 0 amide bonds. The summed E-state index contributed by atoms with van der Waals surface area (Å²) >= 11 is 0. The minimum absolute atomic E-state index is 0.0260. The van der Waals surface area contributed by atoms with Crippen LogP contribution in [0.15, 0.2) is 36.4 Å². The van der Waals surface area contributed by atoms with Crippen LogP contribution in [0.4, 0.5) is 0 Å². The van der Waals surface area contributed by atoms with Gasteiger partial charge in [0.15, 0.2) is 11.6 Å². The average Bonchev–Trinajstić information content (AvgIpc) is 2.35. The second-order valence-electron chi connectivity index (χ2n) is 5.30. The second kappa shape index (κ2) is 3.62. The molecule has 1 aliphatic carbocycles. The van der Waals surface area contributed by atoms with E-state index in [2.05, 4.69) is 0 Å². The fourth-order valence-electron chi connectivity index (χ4n) is 2.56. The summed E-state index contributed by atoms with van der Waals surface area (Å²) in [4.78, 5) is 24.7. The third-order valence-corrected chi connectivity index (χ3v) is 3.48. The van der Waals surface area contributed by atoms with E-state index in [1.54, 1.807) is 24.3 Å². The van der Waals surface area contributed by atoms with Crippen LogP contribution in [0, 0.1) is 5.92 Å². The Balaban J connectivity index is 2.13. The number of hydrogen-bond acceptors (Lipinski definition) is 3. The maximum atomic E-state index is 12.4. The van der Waals surface area contributed by atoms with Gasteiger partial charge in [0.1, 0.15) is 6.10 Å². The van der Waals surface area contributed by atoms with E-state index in [1.807, 2.05) is 26.0 Å². The zero-order valence-electron chi connectivity index (χ0n) is 10.3. The number of ketones is 2. The molecule has 0 fully saturated rings. The average molecular weight is 242 g/mol. The zero-order chi connectivity index (χ0) is 12.9. The van der Waals surface area contributed by atoms with Gasteiger partial charge in [-0.05, 0) is 13.8 Å². The molecule has 18 heavy (non-hydrogen) atoms. The number of carbonyl (C=O) groups excluding carboxylic acids is 2. The van der Waals surface area contributed by atoms with Crippen molar-refractivity contribution in [3.05, 3.63) is 47.5 Å². The molecule has 1 aromatic carbocycles. The lowest BCUT2D eigenvalue weighted by molar-refractivity contribution is -0.0504. The Kier molecular flexibility index (Phi) is 2.29. The van der Waals surface area contributed by atoms with Crippen LogP contribution >= 0.6 is 0 Å². The molecule has 2 atom stereocenters. The fraction of sp³-hybridized carbons (Fsp3) is 0.333. The molecule has 0 spiro atoms. The van der Waals surface area contributed by atoms with E-state index in [0.717, 1.165) is 0 Å². The standard InChI is InChI=1S/C15H14O3/c1-15(2)8-7-11-12(16)9-5-3-4-6-10(9)13(17)14(11)18-15/h3-8,11,14H,1-2H3. The Bertz CT molecular complexity index is 569. The minimum Gasteiger partial charge on any atom is -0.359 e. The zero-order valence-corrected chi connectivity index (χ0v) is 10.3. The van der Waals surface area contributed by atoms with Crippen LogP contribution in [0.3, 0.4) is 0 Å². The largest absolute Gasteiger partial charge is 0.359 e. The van der Waals surface area contributed by atoms with E-state index in [1.165, 1.54) is 0 Å². The molecule has 1 heterocycles. The van der Waals surface area contributed by atoms with E-state index in [4.69, 9.17) is 4.74 Å². The van der Waals surface area contributed by atoms with Crippen molar-refractivity contribution in [2.75, 3.05) is 0 Å². The lowest BCUT2D eigenvalue weighted by Crippen LogP contribution is -2.48. The molecule has 0 saturated carbocycles. The van der Waals surface area contributed by atoms with E-state index in [9.17, 15) is 9.59 Å². The van der Waals surface area contributed by atoms with Gasteiger partial charge in [-0.25, -0.2) is 0 Å². The summed E-state index contributed by atoms with van der Waals surface area (Å²) in [7, 11) is 0. The van der Waals surface area contributed by atoms with Gasteiger partial charge in [-0.2, -0.15) is 0 Å². The number of rotatable bonds is 0. The molecule has 0 N–H and O–H groups in total. The summed E-state index contributed by atoms with van der Waals surface area (Å²) in [5.74, 6) is -0.588. The van der Waals surface area contributed by atoms with Crippen LogP contribution in [0.1, 0.15) is 34.6 Å². The van der Waals surface area contributed by atoms with Gasteiger partial charge in [-0.15, -0.1) is 0 Å². The number of Topliss-reactive ketones (excluding diaryl/α,β-unsaturated/α-hetero) is 2. The Morgan fingerprint density at radius 2 is 1.67 bits per heavy atom. The maximum absolute atomic E-state index is 12.4. The first-order chi connectivity index (χ1) is 8.49. The molecule has 0 aromatic heterocycles. The highest BCUT2D eigenvalue weighted by atomic mass is 16.5. The van der Waals surface area contributed by atoms with E-state index in [-0.39, 0.29) is 11.6 Å². The normalized spacial score (nSPS) is 28.8. The van der Waals surface area contributed by atoms with Gasteiger partial charge < -0.3 is 4.74 Å². The van der Waals surface area contributed by atoms with E-state index >= 15 is 0 Å². The van der Waals surface area contributed by atoms with Gasteiger partial charge in [0.05, 0.1) is 11.5 Å². The lowest BCUT2D eigenvalue weighted by atomic mass is 9.77. The highest BCUT2D eigenvalue weighted by Gasteiger charge is 2.45. The van der Waals surface area contributed by atoms with Crippen LogP contribution < -0.4 is 0 Å².